The molecule has 2 amide bonds. The molecule has 5 rings (SSSR count). The Morgan fingerprint density at radius 2 is 1.93 bits per heavy atom. The fraction of sp³-hybridized carbons (Fsp3) is 0.292. The standard InChI is InChI=1S/C24H24N4O2/c29-23-12-20(15-28(23)22-10-9-18-7-4-8-19(18)11-22)24(30)26-21-13-25-27(16-21)14-17-5-2-1-3-6-17/h1-3,5-6,9-11,13,16,20H,4,7-8,12,14-15H2,(H,26,30)/t20-/m1/s1. The van der Waals surface area contributed by atoms with Crippen LogP contribution in [0.25, 0.3) is 0 Å². The highest BCUT2D eigenvalue weighted by atomic mass is 16.2. The molecule has 0 saturated carbocycles. The van der Waals surface area contributed by atoms with Crippen LogP contribution in [0.2, 0.25) is 0 Å². The van der Waals surface area contributed by atoms with Crippen LogP contribution >= 0.6 is 0 Å². The zero-order valence-electron chi connectivity index (χ0n) is 16.8. The number of hydrogen-bond acceptors (Lipinski definition) is 3. The predicted molar refractivity (Wildman–Crippen MR) is 115 cm³/mol. The molecule has 2 aliphatic rings. The number of anilines is 2. The highest BCUT2D eigenvalue weighted by Gasteiger charge is 2.35. The first-order valence-electron chi connectivity index (χ1n) is 10.4. The summed E-state index contributed by atoms with van der Waals surface area (Å²) in [7, 11) is 0. The summed E-state index contributed by atoms with van der Waals surface area (Å²) in [4.78, 5) is 27.1. The van der Waals surface area contributed by atoms with Crippen molar-refractivity contribution in [1.82, 2.24) is 9.78 Å². The number of rotatable bonds is 5. The van der Waals surface area contributed by atoms with Crippen molar-refractivity contribution in [2.24, 2.45) is 5.92 Å². The first-order chi connectivity index (χ1) is 14.7. The van der Waals surface area contributed by atoms with Crippen LogP contribution in [0.3, 0.4) is 0 Å². The molecular weight excluding hydrogens is 376 g/mol. The topological polar surface area (TPSA) is 67.2 Å². The van der Waals surface area contributed by atoms with Gasteiger partial charge in [-0.3, -0.25) is 14.3 Å². The van der Waals surface area contributed by atoms with Crippen molar-refractivity contribution < 1.29 is 9.59 Å². The maximum atomic E-state index is 12.8. The average Bonchev–Trinajstić information content (AvgIpc) is 3.48. The molecule has 1 aliphatic heterocycles. The monoisotopic (exact) mass is 400 g/mol. The maximum absolute atomic E-state index is 12.8. The Morgan fingerprint density at radius 1 is 1.10 bits per heavy atom. The predicted octanol–water partition coefficient (Wildman–Crippen LogP) is 3.41. The minimum Gasteiger partial charge on any atom is -0.323 e. The van der Waals surface area contributed by atoms with E-state index in [9.17, 15) is 9.59 Å². The quantitative estimate of drug-likeness (QED) is 0.714. The van der Waals surface area contributed by atoms with Gasteiger partial charge in [0.25, 0.3) is 0 Å². The number of nitrogens with one attached hydrogen (secondary N) is 1. The van der Waals surface area contributed by atoms with Gasteiger partial charge in [-0.1, -0.05) is 36.4 Å². The van der Waals surface area contributed by atoms with Gasteiger partial charge in [-0.15, -0.1) is 0 Å². The molecule has 2 heterocycles. The van der Waals surface area contributed by atoms with E-state index < -0.39 is 0 Å². The van der Waals surface area contributed by atoms with E-state index in [1.54, 1.807) is 15.8 Å². The summed E-state index contributed by atoms with van der Waals surface area (Å²) in [6.07, 6.45) is 7.07. The second-order valence-corrected chi connectivity index (χ2v) is 8.11. The van der Waals surface area contributed by atoms with Gasteiger partial charge in [0.2, 0.25) is 11.8 Å². The fourth-order valence-electron chi connectivity index (χ4n) is 4.39. The molecule has 30 heavy (non-hydrogen) atoms. The van der Waals surface area contributed by atoms with Crippen LogP contribution in [-0.2, 0) is 29.0 Å². The summed E-state index contributed by atoms with van der Waals surface area (Å²) in [6, 6.07) is 16.3. The van der Waals surface area contributed by atoms with Crippen LogP contribution < -0.4 is 10.2 Å². The van der Waals surface area contributed by atoms with Crippen molar-refractivity contribution in [2.75, 3.05) is 16.8 Å². The number of aryl methyl sites for hydroxylation is 2. The highest BCUT2D eigenvalue weighted by molar-refractivity contribution is 6.03. The van der Waals surface area contributed by atoms with E-state index in [4.69, 9.17) is 0 Å². The second-order valence-electron chi connectivity index (χ2n) is 8.11. The van der Waals surface area contributed by atoms with Crippen molar-refractivity contribution in [3.63, 3.8) is 0 Å². The van der Waals surface area contributed by atoms with Gasteiger partial charge in [-0.2, -0.15) is 5.10 Å². The smallest absolute Gasteiger partial charge is 0.229 e. The fourth-order valence-corrected chi connectivity index (χ4v) is 4.39. The minimum absolute atomic E-state index is 0.00729. The molecule has 1 saturated heterocycles. The zero-order valence-corrected chi connectivity index (χ0v) is 16.8. The molecule has 1 atom stereocenters. The first kappa shape index (κ1) is 18.6. The van der Waals surface area contributed by atoms with Crippen LogP contribution in [0.1, 0.15) is 29.5 Å². The van der Waals surface area contributed by atoms with Crippen molar-refractivity contribution in [3.05, 3.63) is 77.6 Å². The van der Waals surface area contributed by atoms with Crippen LogP contribution in [0.15, 0.2) is 60.9 Å². The summed E-state index contributed by atoms with van der Waals surface area (Å²) >= 11 is 0. The van der Waals surface area contributed by atoms with E-state index in [0.717, 1.165) is 24.1 Å². The molecule has 0 spiro atoms. The van der Waals surface area contributed by atoms with Gasteiger partial charge in [0, 0.05) is 24.8 Å². The molecule has 1 N–H and O–H groups in total. The molecule has 6 heteroatoms. The van der Waals surface area contributed by atoms with E-state index in [1.807, 2.05) is 42.6 Å². The average molecular weight is 400 g/mol. The lowest BCUT2D eigenvalue weighted by molar-refractivity contribution is -0.122. The molecule has 6 nitrogen and oxygen atoms in total. The van der Waals surface area contributed by atoms with Crippen LogP contribution in [0, 0.1) is 5.92 Å². The number of hydrogen-bond donors (Lipinski definition) is 1. The van der Waals surface area contributed by atoms with Gasteiger partial charge >= 0.3 is 0 Å². The molecule has 152 valence electrons. The normalized spacial score (nSPS) is 17.9. The number of fused-ring (bicyclic) bond motifs is 1. The number of amides is 2. The summed E-state index contributed by atoms with van der Waals surface area (Å²) in [5.74, 6) is -0.484. The molecular formula is C24H24N4O2. The lowest BCUT2D eigenvalue weighted by Crippen LogP contribution is -2.28. The van der Waals surface area contributed by atoms with Gasteiger partial charge in [-0.25, -0.2) is 0 Å². The molecule has 0 radical (unpaired) electrons. The minimum atomic E-state index is -0.358. The Morgan fingerprint density at radius 3 is 2.80 bits per heavy atom. The number of carbonyl (C=O) groups excluding carboxylic acids is 2. The second kappa shape index (κ2) is 7.78. The molecule has 0 unspecified atom stereocenters. The third kappa shape index (κ3) is 3.73. The lowest BCUT2D eigenvalue weighted by Gasteiger charge is -2.18. The van der Waals surface area contributed by atoms with E-state index in [-0.39, 0.29) is 24.2 Å². The van der Waals surface area contributed by atoms with E-state index in [0.29, 0.717) is 18.8 Å². The largest absolute Gasteiger partial charge is 0.323 e. The molecule has 1 aliphatic carbocycles. The van der Waals surface area contributed by atoms with Gasteiger partial charge in [0.05, 0.1) is 24.3 Å². The molecule has 2 aromatic carbocycles. The van der Waals surface area contributed by atoms with Crippen molar-refractivity contribution >= 4 is 23.2 Å². The maximum Gasteiger partial charge on any atom is 0.229 e. The Labute approximate surface area is 175 Å². The molecule has 0 bridgehead atoms. The van der Waals surface area contributed by atoms with Gasteiger partial charge < -0.3 is 10.2 Å². The first-order valence-corrected chi connectivity index (χ1v) is 10.4. The van der Waals surface area contributed by atoms with Crippen LogP contribution in [-0.4, -0.2) is 28.1 Å². The van der Waals surface area contributed by atoms with Gasteiger partial charge in [-0.05, 0) is 48.1 Å². The van der Waals surface area contributed by atoms with Gasteiger partial charge in [0.1, 0.15) is 0 Å². The Bertz CT molecular complexity index is 1090. The van der Waals surface area contributed by atoms with Crippen molar-refractivity contribution in [3.8, 4) is 0 Å². The highest BCUT2D eigenvalue weighted by Crippen LogP contribution is 2.31. The van der Waals surface area contributed by atoms with E-state index in [2.05, 4.69) is 22.5 Å². The number of aromatic nitrogens is 2. The van der Waals surface area contributed by atoms with Gasteiger partial charge in [0.15, 0.2) is 0 Å². The third-order valence-corrected chi connectivity index (χ3v) is 5.98. The molecule has 3 aromatic rings. The molecule has 1 aromatic heterocycles. The molecule has 1 fully saturated rings. The Balaban J connectivity index is 1.22. The van der Waals surface area contributed by atoms with Crippen molar-refractivity contribution in [1.29, 1.82) is 0 Å². The Kier molecular flexibility index (Phi) is 4.83. The summed E-state index contributed by atoms with van der Waals surface area (Å²) in [5.41, 5.74) is 5.42. The van der Waals surface area contributed by atoms with E-state index in [1.165, 1.54) is 17.5 Å². The summed E-state index contributed by atoms with van der Waals surface area (Å²) in [6.45, 7) is 1.06. The van der Waals surface area contributed by atoms with Crippen LogP contribution in [0.4, 0.5) is 11.4 Å². The summed E-state index contributed by atoms with van der Waals surface area (Å²) in [5, 5.41) is 7.25. The number of carbonyl (C=O) groups is 2. The Hall–Kier alpha value is -3.41. The summed E-state index contributed by atoms with van der Waals surface area (Å²) < 4.78 is 1.79. The third-order valence-electron chi connectivity index (χ3n) is 5.98. The zero-order chi connectivity index (χ0) is 20.5. The lowest BCUT2D eigenvalue weighted by atomic mass is 10.1. The SMILES string of the molecule is O=C(Nc1cnn(Cc2ccccc2)c1)[C@@H]1CC(=O)N(c2ccc3c(c2)CCC3)C1. The number of benzene rings is 2. The number of nitrogens with zero attached hydrogens (tertiary/aromatic N) is 3. The van der Waals surface area contributed by atoms with Crippen molar-refractivity contribution in [2.45, 2.75) is 32.2 Å². The van der Waals surface area contributed by atoms with E-state index >= 15 is 0 Å². The van der Waals surface area contributed by atoms with Crippen LogP contribution in [0.5, 0.6) is 0 Å².